The van der Waals surface area contributed by atoms with Gasteiger partial charge in [0.15, 0.2) is 0 Å². The Morgan fingerprint density at radius 2 is 2.08 bits per heavy atom. The van der Waals surface area contributed by atoms with Gasteiger partial charge < -0.3 is 15.7 Å². The fourth-order valence-corrected chi connectivity index (χ4v) is 4.78. The molecule has 0 spiro atoms. The van der Waals surface area contributed by atoms with Crippen LogP contribution in [0.5, 0.6) is 0 Å². The van der Waals surface area contributed by atoms with Gasteiger partial charge in [-0.25, -0.2) is 4.79 Å². The fraction of sp³-hybridized carbons (Fsp3) is 0.556. The Morgan fingerprint density at radius 1 is 1.32 bits per heavy atom. The Labute approximate surface area is 152 Å². The topological polar surface area (TPSA) is 81.7 Å². The molecule has 3 N–H and O–H groups in total. The number of nitrogens with one attached hydrogen (secondary N) is 2. The molecule has 2 aliphatic rings. The average Bonchev–Trinajstić information content (AvgIpc) is 2.97. The van der Waals surface area contributed by atoms with E-state index in [4.69, 9.17) is 5.11 Å². The van der Waals surface area contributed by atoms with Crippen LogP contribution in [0.3, 0.4) is 0 Å². The van der Waals surface area contributed by atoms with Gasteiger partial charge >= 0.3 is 12.0 Å². The van der Waals surface area contributed by atoms with Crippen molar-refractivity contribution in [2.24, 2.45) is 0 Å². The van der Waals surface area contributed by atoms with Gasteiger partial charge in [0.2, 0.25) is 0 Å². The molecule has 1 heterocycles. The Kier molecular flexibility index (Phi) is 5.86. The minimum atomic E-state index is -0.800. The quantitative estimate of drug-likeness (QED) is 0.691. The zero-order valence-electron chi connectivity index (χ0n) is 14.4. The van der Waals surface area contributed by atoms with Gasteiger partial charge in [-0.15, -0.1) is 11.8 Å². The maximum atomic E-state index is 12.1. The third-order valence-electron chi connectivity index (χ3n) is 5.02. The minimum absolute atomic E-state index is 0.0683. The van der Waals surface area contributed by atoms with Gasteiger partial charge in [0.1, 0.15) is 0 Å². The summed E-state index contributed by atoms with van der Waals surface area (Å²) in [5.41, 5.74) is 1.32. The molecule has 1 aliphatic carbocycles. The molecule has 0 bridgehead atoms. The Morgan fingerprint density at radius 3 is 2.80 bits per heavy atom. The molecule has 1 aromatic carbocycles. The van der Waals surface area contributed by atoms with Crippen LogP contribution in [-0.4, -0.2) is 59.5 Å². The summed E-state index contributed by atoms with van der Waals surface area (Å²) < 4.78 is 0. The van der Waals surface area contributed by atoms with Crippen LogP contribution in [0.1, 0.15) is 31.2 Å². The van der Waals surface area contributed by atoms with Crippen LogP contribution in [0.2, 0.25) is 0 Å². The number of aliphatic carboxylic acids is 1. The first-order valence-corrected chi connectivity index (χ1v) is 9.77. The van der Waals surface area contributed by atoms with E-state index in [9.17, 15) is 9.59 Å². The Balaban J connectivity index is 1.38. The van der Waals surface area contributed by atoms with Crippen LogP contribution in [0.4, 0.5) is 4.79 Å². The predicted molar refractivity (Wildman–Crippen MR) is 98.1 cm³/mol. The number of carbonyl (C=O) groups excluding carboxylic acids is 1. The molecule has 1 atom stereocenters. The number of carbonyl (C=O) groups is 2. The van der Waals surface area contributed by atoms with E-state index >= 15 is 0 Å². The van der Waals surface area contributed by atoms with Crippen LogP contribution < -0.4 is 10.6 Å². The number of amides is 2. The van der Waals surface area contributed by atoms with Gasteiger partial charge in [-0.2, -0.15) is 0 Å². The summed E-state index contributed by atoms with van der Waals surface area (Å²) in [5.74, 6) is 0.573. The van der Waals surface area contributed by atoms with E-state index in [-0.39, 0.29) is 24.7 Å². The zero-order valence-corrected chi connectivity index (χ0v) is 15.2. The number of likely N-dealkylation sites (N-methyl/N-ethyl adjacent to an activating group) is 1. The van der Waals surface area contributed by atoms with Gasteiger partial charge in [-0.3, -0.25) is 9.69 Å². The summed E-state index contributed by atoms with van der Waals surface area (Å²) in [7, 11) is 0. The number of carboxylic acids is 1. The lowest BCUT2D eigenvalue weighted by atomic mass is 9.85. The van der Waals surface area contributed by atoms with Gasteiger partial charge in [0.05, 0.1) is 6.54 Å². The van der Waals surface area contributed by atoms with Crippen molar-refractivity contribution in [1.82, 2.24) is 15.5 Å². The summed E-state index contributed by atoms with van der Waals surface area (Å²) in [6, 6.07) is 8.62. The van der Waals surface area contributed by atoms with E-state index in [0.717, 1.165) is 18.6 Å². The molecule has 3 rings (SSSR count). The molecule has 25 heavy (non-hydrogen) atoms. The third kappa shape index (κ3) is 4.46. The van der Waals surface area contributed by atoms with Gasteiger partial charge in [-0.05, 0) is 31.0 Å². The van der Waals surface area contributed by atoms with Gasteiger partial charge in [0, 0.05) is 35.2 Å². The molecule has 0 saturated heterocycles. The largest absolute Gasteiger partial charge is 0.480 e. The van der Waals surface area contributed by atoms with E-state index in [0.29, 0.717) is 19.0 Å². The van der Waals surface area contributed by atoms with Crippen LogP contribution in [0.15, 0.2) is 29.2 Å². The van der Waals surface area contributed by atoms with Crippen molar-refractivity contribution in [3.05, 3.63) is 29.8 Å². The molecule has 1 saturated carbocycles. The second kappa shape index (κ2) is 8.10. The maximum Gasteiger partial charge on any atom is 0.317 e. The Hall–Kier alpha value is -1.73. The number of fused-ring (bicyclic) bond motifs is 1. The fourth-order valence-electron chi connectivity index (χ4n) is 3.53. The molecule has 0 aromatic heterocycles. The van der Waals surface area contributed by atoms with Crippen molar-refractivity contribution < 1.29 is 14.7 Å². The number of hydrogen-bond donors (Lipinski definition) is 3. The smallest absolute Gasteiger partial charge is 0.317 e. The van der Waals surface area contributed by atoms with Crippen LogP contribution in [-0.2, 0) is 4.79 Å². The number of carboxylic acid groups (broad SMARTS) is 1. The normalized spacial score (nSPS) is 24.5. The molecule has 6 nitrogen and oxygen atoms in total. The summed E-state index contributed by atoms with van der Waals surface area (Å²) in [5, 5.41) is 14.9. The van der Waals surface area contributed by atoms with Crippen molar-refractivity contribution in [2.75, 3.05) is 25.4 Å². The number of benzene rings is 1. The predicted octanol–water partition coefficient (Wildman–Crippen LogP) is 2.11. The summed E-state index contributed by atoms with van der Waals surface area (Å²) in [6.07, 6.45) is 1.63. The molecule has 1 fully saturated rings. The molecule has 136 valence electrons. The molecule has 7 heteroatoms. The highest BCUT2D eigenvalue weighted by molar-refractivity contribution is 7.99. The molecule has 1 aromatic rings. The molecular formula is C18H25N3O3S. The highest BCUT2D eigenvalue weighted by atomic mass is 32.2. The average molecular weight is 363 g/mol. The monoisotopic (exact) mass is 363 g/mol. The van der Waals surface area contributed by atoms with E-state index in [1.165, 1.54) is 10.5 Å². The minimum Gasteiger partial charge on any atom is -0.480 e. The third-order valence-corrected chi connectivity index (χ3v) is 6.27. The SMILES string of the molecule is CCN(CC(=O)O)C1CC(NC(=O)NCC2CSc3ccccc32)C1. The second-order valence-corrected chi connectivity index (χ2v) is 7.74. The number of thioether (sulfide) groups is 1. The lowest BCUT2D eigenvalue weighted by Crippen LogP contribution is -2.56. The first-order chi connectivity index (χ1) is 12.1. The van der Waals surface area contributed by atoms with Gasteiger partial charge in [-0.1, -0.05) is 25.1 Å². The van der Waals surface area contributed by atoms with Gasteiger partial charge in [0.25, 0.3) is 0 Å². The second-order valence-electron chi connectivity index (χ2n) is 6.68. The van der Waals surface area contributed by atoms with Crippen LogP contribution in [0.25, 0.3) is 0 Å². The van der Waals surface area contributed by atoms with Crippen LogP contribution >= 0.6 is 11.8 Å². The van der Waals surface area contributed by atoms with Crippen LogP contribution in [0, 0.1) is 0 Å². The van der Waals surface area contributed by atoms with Crippen molar-refractivity contribution in [1.29, 1.82) is 0 Å². The maximum absolute atomic E-state index is 12.1. The lowest BCUT2D eigenvalue weighted by molar-refractivity contribution is -0.139. The van der Waals surface area contributed by atoms with E-state index < -0.39 is 5.97 Å². The van der Waals surface area contributed by atoms with E-state index in [1.807, 2.05) is 35.7 Å². The molecule has 1 aliphatic heterocycles. The van der Waals surface area contributed by atoms with Crippen molar-refractivity contribution >= 4 is 23.8 Å². The zero-order chi connectivity index (χ0) is 17.8. The van der Waals surface area contributed by atoms with Crippen molar-refractivity contribution in [3.63, 3.8) is 0 Å². The highest BCUT2D eigenvalue weighted by Gasteiger charge is 2.34. The molecule has 1 unspecified atom stereocenters. The molecule has 0 radical (unpaired) electrons. The first-order valence-electron chi connectivity index (χ1n) is 8.78. The first kappa shape index (κ1) is 18.1. The molecular weight excluding hydrogens is 338 g/mol. The number of nitrogens with zero attached hydrogens (tertiary/aromatic N) is 1. The number of rotatable bonds is 7. The number of hydrogen-bond acceptors (Lipinski definition) is 4. The van der Waals surface area contributed by atoms with Crippen molar-refractivity contribution in [2.45, 2.75) is 42.7 Å². The standard InChI is InChI=1S/C18H25N3O3S/c1-2-21(10-17(22)23)14-7-13(8-14)20-18(24)19-9-12-11-25-16-6-4-3-5-15(12)16/h3-6,12-14H,2,7-11H2,1H3,(H,22,23)(H2,19,20,24). The number of urea groups is 1. The Bertz CT molecular complexity index is 634. The summed E-state index contributed by atoms with van der Waals surface area (Å²) in [4.78, 5) is 26.2. The lowest BCUT2D eigenvalue weighted by Gasteiger charge is -2.42. The summed E-state index contributed by atoms with van der Waals surface area (Å²) in [6.45, 7) is 3.40. The highest BCUT2D eigenvalue weighted by Crippen LogP contribution is 2.38. The van der Waals surface area contributed by atoms with E-state index in [2.05, 4.69) is 22.8 Å². The molecule has 2 amide bonds. The summed E-state index contributed by atoms with van der Waals surface area (Å²) >= 11 is 1.84. The van der Waals surface area contributed by atoms with E-state index in [1.54, 1.807) is 0 Å². The van der Waals surface area contributed by atoms with Crippen molar-refractivity contribution in [3.8, 4) is 0 Å².